The van der Waals surface area contributed by atoms with Crippen LogP contribution in [0.2, 0.25) is 0 Å². The lowest BCUT2D eigenvalue weighted by Crippen LogP contribution is -2.19. The van der Waals surface area contributed by atoms with Crippen LogP contribution < -0.4 is 0 Å². The summed E-state index contributed by atoms with van der Waals surface area (Å²) in [6, 6.07) is 0. The predicted octanol–water partition coefficient (Wildman–Crippen LogP) is 2.44. The van der Waals surface area contributed by atoms with Crippen LogP contribution in [0.25, 0.3) is 0 Å². The lowest BCUT2D eigenvalue weighted by Gasteiger charge is -2.22. The summed E-state index contributed by atoms with van der Waals surface area (Å²) < 4.78 is 0. The van der Waals surface area contributed by atoms with Crippen LogP contribution in [0.3, 0.4) is 0 Å². The Bertz CT molecular complexity index is 168. The lowest BCUT2D eigenvalue weighted by atomic mass is 9.98. The molecular weight excluding hydrogens is 130 g/mol. The van der Waals surface area contributed by atoms with Gasteiger partial charge in [0.05, 0.1) is 11.1 Å². The number of hydrogen-bond acceptors (Lipinski definition) is 2. The molecule has 0 aliphatic carbocycles. The Hall–Kier alpha value is -0.240. The van der Waals surface area contributed by atoms with Crippen molar-refractivity contribution in [3.8, 4) is 0 Å². The van der Waals surface area contributed by atoms with E-state index in [1.165, 1.54) is 5.57 Å². The van der Waals surface area contributed by atoms with Crippen molar-refractivity contribution in [2.75, 3.05) is 0 Å². The quantitative estimate of drug-likeness (QED) is 0.504. The summed E-state index contributed by atoms with van der Waals surface area (Å²) in [5.41, 5.74) is 3.29. The Labute approximate surface area is 60.3 Å². The summed E-state index contributed by atoms with van der Waals surface area (Å²) in [6.07, 6.45) is 0. The first-order valence-corrected chi connectivity index (χ1v) is 3.93. The Balaban J connectivity index is 2.83. The Morgan fingerprint density at radius 1 is 1.56 bits per heavy atom. The molecule has 1 aliphatic rings. The van der Waals surface area contributed by atoms with Gasteiger partial charge in [0.25, 0.3) is 0 Å². The number of nitrogens with zero attached hydrogens (tertiary/aromatic N) is 1. The highest BCUT2D eigenvalue weighted by Crippen LogP contribution is 2.26. The Morgan fingerprint density at radius 3 is 2.56 bits per heavy atom. The predicted molar refractivity (Wildman–Crippen MR) is 43.9 cm³/mol. The lowest BCUT2D eigenvalue weighted by molar-refractivity contribution is 0.619. The molecule has 0 atom stereocenters. The van der Waals surface area contributed by atoms with Crippen molar-refractivity contribution in [1.82, 2.24) is 0 Å². The highest BCUT2D eigenvalue weighted by Gasteiger charge is 2.19. The summed E-state index contributed by atoms with van der Waals surface area (Å²) in [6.45, 7) is 6.35. The van der Waals surface area contributed by atoms with Gasteiger partial charge in [-0.25, -0.2) is 0 Å². The minimum atomic E-state index is 0.0469. The van der Waals surface area contributed by atoms with Gasteiger partial charge in [0, 0.05) is 0 Å². The molecule has 0 spiro atoms. The molecule has 1 rings (SSSR count). The van der Waals surface area contributed by atoms with Gasteiger partial charge in [-0.1, -0.05) is 11.8 Å². The van der Waals surface area contributed by atoms with E-state index < -0.39 is 0 Å². The van der Waals surface area contributed by atoms with E-state index in [1.54, 1.807) is 11.8 Å². The van der Waals surface area contributed by atoms with Gasteiger partial charge in [0.15, 0.2) is 0 Å². The van der Waals surface area contributed by atoms with Gasteiger partial charge in [-0.2, -0.15) is 0 Å². The van der Waals surface area contributed by atoms with Gasteiger partial charge in [0.1, 0.15) is 0 Å². The molecule has 0 radical (unpaired) electrons. The van der Waals surface area contributed by atoms with E-state index in [9.17, 15) is 0 Å². The third-order valence-electron chi connectivity index (χ3n) is 1.65. The molecule has 1 aliphatic heterocycles. The van der Waals surface area contributed by atoms with Crippen LogP contribution >= 0.6 is 11.8 Å². The van der Waals surface area contributed by atoms with E-state index in [4.69, 9.17) is 0 Å². The van der Waals surface area contributed by atoms with E-state index in [-0.39, 0.29) is 5.54 Å². The second-order valence-corrected chi connectivity index (χ2v) is 3.45. The first kappa shape index (κ1) is 6.87. The highest BCUT2D eigenvalue weighted by atomic mass is 32.2. The fourth-order valence-electron chi connectivity index (χ4n) is 0.541. The van der Waals surface area contributed by atoms with Crippen molar-refractivity contribution < 1.29 is 0 Å². The molecule has 0 amide bonds. The van der Waals surface area contributed by atoms with Gasteiger partial charge >= 0.3 is 0 Å². The van der Waals surface area contributed by atoms with E-state index in [0.717, 1.165) is 0 Å². The van der Waals surface area contributed by atoms with Gasteiger partial charge in [-0.3, -0.25) is 4.99 Å². The third kappa shape index (κ3) is 1.36. The van der Waals surface area contributed by atoms with Crippen LogP contribution in [0.4, 0.5) is 0 Å². The minimum Gasteiger partial charge on any atom is -0.276 e. The molecule has 50 valence electrons. The largest absolute Gasteiger partial charge is 0.276 e. The SMILES string of the molecule is CC1=CSC=NC1(C)C. The zero-order valence-electron chi connectivity index (χ0n) is 6.01. The van der Waals surface area contributed by atoms with Gasteiger partial charge in [-0.15, -0.1) is 0 Å². The monoisotopic (exact) mass is 141 g/mol. The molecule has 0 aromatic heterocycles. The van der Waals surface area contributed by atoms with E-state index in [1.807, 2.05) is 5.55 Å². The van der Waals surface area contributed by atoms with Crippen molar-refractivity contribution >= 4 is 17.3 Å². The second kappa shape index (κ2) is 2.18. The van der Waals surface area contributed by atoms with Gasteiger partial charge in [-0.05, 0) is 31.8 Å². The van der Waals surface area contributed by atoms with Gasteiger partial charge < -0.3 is 0 Å². The van der Waals surface area contributed by atoms with E-state index in [2.05, 4.69) is 31.2 Å². The van der Waals surface area contributed by atoms with Crippen molar-refractivity contribution in [1.29, 1.82) is 0 Å². The standard InChI is InChI=1S/C7H11NS/c1-6-4-9-5-8-7(6,2)3/h4-5H,1-3H3. The first-order valence-electron chi connectivity index (χ1n) is 2.99. The molecule has 0 bridgehead atoms. The van der Waals surface area contributed by atoms with E-state index in [0.29, 0.717) is 0 Å². The second-order valence-electron chi connectivity index (χ2n) is 2.73. The molecular formula is C7H11NS. The topological polar surface area (TPSA) is 12.4 Å². The number of rotatable bonds is 0. The summed E-state index contributed by atoms with van der Waals surface area (Å²) in [5.74, 6) is 0. The van der Waals surface area contributed by atoms with Crippen molar-refractivity contribution in [3.05, 3.63) is 11.0 Å². The minimum absolute atomic E-state index is 0.0469. The number of hydrogen-bond donors (Lipinski definition) is 0. The van der Waals surface area contributed by atoms with Crippen LogP contribution in [-0.2, 0) is 0 Å². The zero-order chi connectivity index (χ0) is 6.91. The van der Waals surface area contributed by atoms with Crippen LogP contribution in [0.1, 0.15) is 20.8 Å². The fraction of sp³-hybridized carbons (Fsp3) is 0.571. The maximum absolute atomic E-state index is 4.31. The molecule has 0 fully saturated rings. The molecule has 0 aromatic carbocycles. The average Bonchev–Trinajstić information content (AvgIpc) is 1.77. The van der Waals surface area contributed by atoms with E-state index >= 15 is 0 Å². The molecule has 9 heavy (non-hydrogen) atoms. The zero-order valence-corrected chi connectivity index (χ0v) is 6.83. The highest BCUT2D eigenvalue weighted by molar-refractivity contribution is 8.14. The molecule has 0 aromatic rings. The maximum Gasteiger partial charge on any atom is 0.0772 e. The summed E-state index contributed by atoms with van der Waals surface area (Å²) in [7, 11) is 0. The van der Waals surface area contributed by atoms with Crippen LogP contribution in [-0.4, -0.2) is 11.1 Å². The van der Waals surface area contributed by atoms with Crippen molar-refractivity contribution in [2.24, 2.45) is 4.99 Å². The average molecular weight is 141 g/mol. The molecule has 0 saturated carbocycles. The smallest absolute Gasteiger partial charge is 0.0772 e. The summed E-state index contributed by atoms with van der Waals surface area (Å²) in [5, 5.41) is 2.15. The normalized spacial score (nSPS) is 23.7. The number of thioether (sulfide) groups is 1. The summed E-state index contributed by atoms with van der Waals surface area (Å²) >= 11 is 1.65. The molecule has 0 saturated heterocycles. The van der Waals surface area contributed by atoms with Crippen molar-refractivity contribution in [2.45, 2.75) is 26.3 Å². The van der Waals surface area contributed by atoms with Crippen LogP contribution in [0.15, 0.2) is 16.0 Å². The first-order chi connectivity index (χ1) is 4.13. The Morgan fingerprint density at radius 2 is 2.22 bits per heavy atom. The Kier molecular flexibility index (Phi) is 1.66. The van der Waals surface area contributed by atoms with Gasteiger partial charge in [0.2, 0.25) is 0 Å². The third-order valence-corrected chi connectivity index (χ3v) is 2.36. The maximum atomic E-state index is 4.31. The molecule has 1 heterocycles. The fourth-order valence-corrected chi connectivity index (χ4v) is 1.42. The van der Waals surface area contributed by atoms with Crippen molar-refractivity contribution in [3.63, 3.8) is 0 Å². The molecule has 1 nitrogen and oxygen atoms in total. The molecule has 0 unspecified atom stereocenters. The van der Waals surface area contributed by atoms with Crippen LogP contribution in [0.5, 0.6) is 0 Å². The summed E-state index contributed by atoms with van der Waals surface area (Å²) in [4.78, 5) is 4.31. The van der Waals surface area contributed by atoms with Crippen LogP contribution in [0, 0.1) is 0 Å². The number of aliphatic imine (C=N–C) groups is 1. The molecule has 2 heteroatoms. The molecule has 0 N–H and O–H groups in total.